The van der Waals surface area contributed by atoms with Crippen LogP contribution in [0.5, 0.6) is 0 Å². The molecule has 0 heterocycles. The molecule has 0 aromatic rings. The van der Waals surface area contributed by atoms with Gasteiger partial charge in [0, 0.05) is 12.5 Å². The van der Waals surface area contributed by atoms with Gasteiger partial charge in [-0.2, -0.15) is 0 Å². The second kappa shape index (κ2) is 21.2. The van der Waals surface area contributed by atoms with Crippen molar-refractivity contribution in [1.29, 1.82) is 0 Å². The first kappa shape index (κ1) is 25.9. The van der Waals surface area contributed by atoms with Crippen LogP contribution in [0.4, 0.5) is 0 Å². The Balaban J connectivity index is 3.59. The van der Waals surface area contributed by atoms with Crippen LogP contribution >= 0.6 is 0 Å². The van der Waals surface area contributed by atoms with Crippen LogP contribution < -0.4 is 5.32 Å². The molecule has 0 radical (unpaired) electrons. The zero-order valence-electron chi connectivity index (χ0n) is 17.7. The zero-order valence-corrected chi connectivity index (χ0v) is 17.7. The molecule has 3 nitrogen and oxygen atoms in total. The van der Waals surface area contributed by atoms with Crippen LogP contribution in [-0.2, 0) is 4.79 Å². The number of hydrogen-bond donors (Lipinski definition) is 2. The summed E-state index contributed by atoms with van der Waals surface area (Å²) < 4.78 is 0. The van der Waals surface area contributed by atoms with Gasteiger partial charge in [-0.25, -0.2) is 0 Å². The van der Waals surface area contributed by atoms with E-state index in [2.05, 4.69) is 79.1 Å². The van der Waals surface area contributed by atoms with Crippen molar-refractivity contribution in [1.82, 2.24) is 5.32 Å². The molecule has 0 spiro atoms. The highest BCUT2D eigenvalue weighted by atomic mass is 16.3. The van der Waals surface area contributed by atoms with Gasteiger partial charge in [0.2, 0.25) is 5.91 Å². The number of aliphatic hydroxyl groups excluding tert-OH is 1. The molecular weight excluding hydrogens is 346 g/mol. The third kappa shape index (κ3) is 20.2. The SMILES string of the molecule is CC/C=C/C/C=C/C/C=C/C/C=C/C/C=C/C/C=C/CCC(=O)N[C@@H](C)CO. The smallest absolute Gasteiger partial charge is 0.220 e. The van der Waals surface area contributed by atoms with Crippen LogP contribution in [0.3, 0.4) is 0 Å². The van der Waals surface area contributed by atoms with Crippen molar-refractivity contribution < 1.29 is 9.90 Å². The first-order chi connectivity index (χ1) is 13.7. The molecule has 0 rings (SSSR count). The summed E-state index contributed by atoms with van der Waals surface area (Å²) >= 11 is 0. The predicted octanol–water partition coefficient (Wildman–Crippen LogP) is 5.96. The van der Waals surface area contributed by atoms with Gasteiger partial charge in [-0.1, -0.05) is 79.8 Å². The molecule has 3 heteroatoms. The molecule has 0 aliphatic rings. The highest BCUT2D eigenvalue weighted by Crippen LogP contribution is 1.98. The lowest BCUT2D eigenvalue weighted by molar-refractivity contribution is -0.121. The first-order valence-corrected chi connectivity index (χ1v) is 10.5. The van der Waals surface area contributed by atoms with Crippen LogP contribution in [-0.4, -0.2) is 23.7 Å². The van der Waals surface area contributed by atoms with E-state index < -0.39 is 0 Å². The third-order valence-corrected chi connectivity index (χ3v) is 3.82. The Kier molecular flexibility index (Phi) is 19.6. The maximum atomic E-state index is 11.5. The summed E-state index contributed by atoms with van der Waals surface area (Å²) in [5.74, 6) is -0.0129. The van der Waals surface area contributed by atoms with Crippen molar-refractivity contribution in [2.75, 3.05) is 6.61 Å². The molecule has 0 fully saturated rings. The quantitative estimate of drug-likeness (QED) is 0.322. The number of carbonyl (C=O) groups is 1. The molecule has 0 aliphatic heterocycles. The zero-order chi connectivity index (χ0) is 20.7. The number of nitrogens with one attached hydrogen (secondary N) is 1. The molecule has 0 aliphatic carbocycles. The molecular formula is C25H39NO2. The van der Waals surface area contributed by atoms with Crippen molar-refractivity contribution in [2.45, 2.75) is 71.3 Å². The van der Waals surface area contributed by atoms with Gasteiger partial charge in [0.1, 0.15) is 0 Å². The first-order valence-electron chi connectivity index (χ1n) is 10.5. The van der Waals surface area contributed by atoms with Crippen molar-refractivity contribution in [3.8, 4) is 0 Å². The molecule has 1 amide bonds. The fourth-order valence-electron chi connectivity index (χ4n) is 2.25. The standard InChI is InChI=1S/C25H39NO2/c1-3-4-5-6-7-8-9-10-11-12-13-14-15-16-17-18-19-20-21-22-25(28)26-24(2)23-27/h4-5,7-8,10-11,13-14,16-17,19-20,24,27H,3,6,9,12,15,18,21-23H2,1-2H3,(H,26,28)/b5-4+,8-7+,11-10+,14-13+,17-16+,20-19+/t24-/m0/s1. The molecule has 2 N–H and O–H groups in total. The van der Waals surface area contributed by atoms with E-state index >= 15 is 0 Å². The number of amides is 1. The Labute approximate surface area is 172 Å². The summed E-state index contributed by atoms with van der Waals surface area (Å²) in [6.45, 7) is 3.91. The number of aliphatic hydroxyl groups is 1. The Morgan fingerprint density at radius 2 is 1.14 bits per heavy atom. The second-order valence-electron chi connectivity index (χ2n) is 6.60. The van der Waals surface area contributed by atoms with E-state index in [4.69, 9.17) is 5.11 Å². The fourth-order valence-corrected chi connectivity index (χ4v) is 2.25. The summed E-state index contributed by atoms with van der Waals surface area (Å²) in [6.07, 6.45) is 33.2. The normalized spacial score (nSPS) is 14.0. The van der Waals surface area contributed by atoms with E-state index in [0.717, 1.165) is 44.9 Å². The van der Waals surface area contributed by atoms with E-state index in [1.807, 2.05) is 6.08 Å². The second-order valence-corrected chi connectivity index (χ2v) is 6.60. The molecule has 0 unspecified atom stereocenters. The summed E-state index contributed by atoms with van der Waals surface area (Å²) in [7, 11) is 0. The molecule has 0 saturated heterocycles. The van der Waals surface area contributed by atoms with Gasteiger partial charge in [0.25, 0.3) is 0 Å². The van der Waals surface area contributed by atoms with Gasteiger partial charge in [-0.15, -0.1) is 0 Å². The minimum absolute atomic E-state index is 0.0129. The fraction of sp³-hybridized carbons (Fsp3) is 0.480. The molecule has 28 heavy (non-hydrogen) atoms. The maximum Gasteiger partial charge on any atom is 0.220 e. The average molecular weight is 386 g/mol. The van der Waals surface area contributed by atoms with Gasteiger partial charge < -0.3 is 10.4 Å². The molecule has 1 atom stereocenters. The van der Waals surface area contributed by atoms with Gasteiger partial charge in [0.15, 0.2) is 0 Å². The van der Waals surface area contributed by atoms with Crippen molar-refractivity contribution in [3.63, 3.8) is 0 Å². The van der Waals surface area contributed by atoms with E-state index in [9.17, 15) is 4.79 Å². The van der Waals surface area contributed by atoms with Crippen molar-refractivity contribution in [2.24, 2.45) is 0 Å². The van der Waals surface area contributed by atoms with E-state index in [0.29, 0.717) is 6.42 Å². The average Bonchev–Trinajstić information content (AvgIpc) is 2.69. The Bertz CT molecular complexity index is 539. The number of allylic oxidation sites excluding steroid dienone is 12. The van der Waals surface area contributed by atoms with E-state index in [1.54, 1.807) is 6.92 Å². The Hall–Kier alpha value is -2.13. The summed E-state index contributed by atoms with van der Waals surface area (Å²) in [5.41, 5.74) is 0. The Morgan fingerprint density at radius 1 is 0.750 bits per heavy atom. The minimum Gasteiger partial charge on any atom is -0.394 e. The molecule has 0 aromatic heterocycles. The summed E-state index contributed by atoms with van der Waals surface area (Å²) in [5, 5.41) is 11.6. The maximum absolute atomic E-state index is 11.5. The van der Waals surface area contributed by atoms with Crippen LogP contribution in [0.15, 0.2) is 72.9 Å². The number of rotatable bonds is 16. The van der Waals surface area contributed by atoms with Crippen LogP contribution in [0.1, 0.15) is 65.2 Å². The summed E-state index contributed by atoms with van der Waals surface area (Å²) in [6, 6.07) is -0.169. The molecule has 0 saturated carbocycles. The lowest BCUT2D eigenvalue weighted by atomic mass is 10.2. The number of hydrogen-bond acceptors (Lipinski definition) is 2. The van der Waals surface area contributed by atoms with Gasteiger partial charge in [-0.3, -0.25) is 4.79 Å². The predicted molar refractivity (Wildman–Crippen MR) is 122 cm³/mol. The van der Waals surface area contributed by atoms with Crippen LogP contribution in [0.2, 0.25) is 0 Å². The molecule has 0 aromatic carbocycles. The van der Waals surface area contributed by atoms with Crippen molar-refractivity contribution >= 4 is 5.91 Å². The molecule has 0 bridgehead atoms. The molecule has 156 valence electrons. The lowest BCUT2D eigenvalue weighted by Crippen LogP contribution is -2.34. The van der Waals surface area contributed by atoms with Crippen LogP contribution in [0.25, 0.3) is 0 Å². The third-order valence-electron chi connectivity index (χ3n) is 3.82. The Morgan fingerprint density at radius 3 is 1.54 bits per heavy atom. The lowest BCUT2D eigenvalue weighted by Gasteiger charge is -2.09. The van der Waals surface area contributed by atoms with E-state index in [-0.39, 0.29) is 18.6 Å². The highest BCUT2D eigenvalue weighted by Gasteiger charge is 2.03. The minimum atomic E-state index is -0.169. The van der Waals surface area contributed by atoms with Crippen LogP contribution in [0, 0.1) is 0 Å². The van der Waals surface area contributed by atoms with Gasteiger partial charge >= 0.3 is 0 Å². The summed E-state index contributed by atoms with van der Waals surface area (Å²) in [4.78, 5) is 11.5. The largest absolute Gasteiger partial charge is 0.394 e. The van der Waals surface area contributed by atoms with Crippen molar-refractivity contribution in [3.05, 3.63) is 72.9 Å². The van der Waals surface area contributed by atoms with Gasteiger partial charge in [-0.05, 0) is 51.9 Å². The van der Waals surface area contributed by atoms with Gasteiger partial charge in [0.05, 0.1) is 6.61 Å². The topological polar surface area (TPSA) is 49.3 Å². The monoisotopic (exact) mass is 385 g/mol. The number of carbonyl (C=O) groups excluding carboxylic acids is 1. The van der Waals surface area contributed by atoms with E-state index in [1.165, 1.54) is 0 Å². The highest BCUT2D eigenvalue weighted by molar-refractivity contribution is 5.76.